The van der Waals surface area contributed by atoms with Gasteiger partial charge in [-0.15, -0.1) is 0 Å². The maximum Gasteiger partial charge on any atom is 0.220 e. The summed E-state index contributed by atoms with van der Waals surface area (Å²) in [6.45, 7) is 1.71. The third kappa shape index (κ3) is 36.6. The number of hydrogen-bond donors (Lipinski definition) is 12. The molecule has 17 atom stereocenters. The van der Waals surface area contributed by atoms with Gasteiger partial charge >= 0.3 is 0 Å². The molecule has 0 spiro atoms. The number of unbranched alkanes of at least 4 members (excludes halogenated alkanes) is 30. The van der Waals surface area contributed by atoms with Crippen LogP contribution < -0.4 is 5.32 Å². The fourth-order valence-corrected chi connectivity index (χ4v) is 12.0. The molecule has 0 aromatic rings. The van der Waals surface area contributed by atoms with Gasteiger partial charge in [0, 0.05) is 6.42 Å². The van der Waals surface area contributed by atoms with Gasteiger partial charge in [-0.3, -0.25) is 4.79 Å². The molecule has 3 saturated heterocycles. The van der Waals surface area contributed by atoms with Crippen LogP contribution in [0.4, 0.5) is 0 Å². The number of carbonyl (C=O) groups excluding carboxylic acids is 1. The number of aliphatic hydroxyl groups is 11. The number of rotatable bonds is 56. The summed E-state index contributed by atoms with van der Waals surface area (Å²) in [6, 6.07) is -1.00. The number of allylic oxidation sites excluding steroid dienone is 11. The second kappa shape index (κ2) is 55.1. The largest absolute Gasteiger partial charge is 0.394 e. The molecule has 3 aliphatic rings. The first kappa shape index (κ1) is 84.5. The van der Waals surface area contributed by atoms with Crippen molar-refractivity contribution in [2.24, 2.45) is 0 Å². The van der Waals surface area contributed by atoms with E-state index in [-0.39, 0.29) is 18.9 Å². The van der Waals surface area contributed by atoms with E-state index in [1.54, 1.807) is 6.08 Å². The highest BCUT2D eigenvalue weighted by molar-refractivity contribution is 5.76. The van der Waals surface area contributed by atoms with E-state index in [2.05, 4.69) is 79.9 Å². The Kier molecular flexibility index (Phi) is 50.1. The molecule has 0 aromatic carbocycles. The number of aliphatic hydroxyl groups excluding tert-OH is 11. The summed E-state index contributed by atoms with van der Waals surface area (Å²) in [5.74, 6) is -0.294. The Balaban J connectivity index is 1.44. The highest BCUT2D eigenvalue weighted by Gasteiger charge is 2.53. The van der Waals surface area contributed by atoms with Crippen LogP contribution in [0.15, 0.2) is 72.9 Å². The third-order valence-electron chi connectivity index (χ3n) is 18.0. The van der Waals surface area contributed by atoms with Crippen molar-refractivity contribution in [1.29, 1.82) is 0 Å². The zero-order chi connectivity index (χ0) is 67.5. The van der Waals surface area contributed by atoms with E-state index < -0.39 is 124 Å². The van der Waals surface area contributed by atoms with Crippen LogP contribution in [0.5, 0.6) is 0 Å². The van der Waals surface area contributed by atoms with Crippen molar-refractivity contribution < 1.29 is 89.4 Å². The fraction of sp³-hybridized carbons (Fsp3) is 0.824. The molecular weight excluding hydrogens is 1190 g/mol. The first-order chi connectivity index (χ1) is 45.3. The molecule has 3 fully saturated rings. The summed E-state index contributed by atoms with van der Waals surface area (Å²) in [5, 5.41) is 121. The van der Waals surface area contributed by atoms with Crippen LogP contribution in [0.1, 0.15) is 258 Å². The first-order valence-electron chi connectivity index (χ1n) is 36.7. The van der Waals surface area contributed by atoms with E-state index >= 15 is 0 Å². The average Bonchev–Trinajstić information content (AvgIpc) is 0.819. The summed E-state index contributed by atoms with van der Waals surface area (Å²) in [5.41, 5.74) is 0. The van der Waals surface area contributed by atoms with E-state index in [0.717, 1.165) is 70.6 Å². The van der Waals surface area contributed by atoms with E-state index in [0.29, 0.717) is 12.8 Å². The van der Waals surface area contributed by atoms with Crippen molar-refractivity contribution in [2.45, 2.75) is 362 Å². The lowest BCUT2D eigenvalue weighted by atomic mass is 9.96. The van der Waals surface area contributed by atoms with Gasteiger partial charge in [-0.25, -0.2) is 0 Å². The summed E-state index contributed by atoms with van der Waals surface area (Å²) in [6.07, 6.45) is 43.0. The first-order valence-corrected chi connectivity index (χ1v) is 36.7. The van der Waals surface area contributed by atoms with Gasteiger partial charge in [0.2, 0.25) is 5.91 Å². The lowest BCUT2D eigenvalue weighted by molar-refractivity contribution is -0.379. The fourth-order valence-electron chi connectivity index (χ4n) is 12.0. The Morgan fingerprint density at radius 3 is 1.15 bits per heavy atom. The Bertz CT molecular complexity index is 1970. The molecule has 3 aliphatic heterocycles. The molecule has 93 heavy (non-hydrogen) atoms. The molecule has 19 heteroatoms. The Morgan fingerprint density at radius 1 is 0.387 bits per heavy atom. The predicted octanol–water partition coefficient (Wildman–Crippen LogP) is 10.5. The van der Waals surface area contributed by atoms with Gasteiger partial charge in [0.05, 0.1) is 38.6 Å². The molecular formula is C74H131NO18. The SMILES string of the molecule is CCCCCCC/C=C\C/C=C\C/C=C\CCCCCCCCCCCCC(=O)NC(COC1OC(CO)C(OC2OC(CO)C(OC3OC(CO)C(O)C(O)C3O)C(O)C2O)C(O)C1O)C(O)/C=C/CC/C=C/CC/C=C/CCCCCCCCCCCCCCC. The lowest BCUT2D eigenvalue weighted by Gasteiger charge is -2.48. The molecule has 0 bridgehead atoms. The molecule has 19 nitrogen and oxygen atoms in total. The van der Waals surface area contributed by atoms with Crippen molar-refractivity contribution in [2.75, 3.05) is 26.4 Å². The minimum atomic E-state index is -1.99. The summed E-state index contributed by atoms with van der Waals surface area (Å²) in [4.78, 5) is 13.4. The number of hydrogen-bond acceptors (Lipinski definition) is 18. The summed E-state index contributed by atoms with van der Waals surface area (Å²) in [7, 11) is 0. The van der Waals surface area contributed by atoms with Gasteiger partial charge in [0.15, 0.2) is 18.9 Å². The summed E-state index contributed by atoms with van der Waals surface area (Å²) >= 11 is 0. The second-order valence-electron chi connectivity index (χ2n) is 26.0. The molecule has 1 amide bonds. The van der Waals surface area contributed by atoms with Crippen molar-refractivity contribution in [3.63, 3.8) is 0 Å². The van der Waals surface area contributed by atoms with Crippen molar-refractivity contribution in [3.8, 4) is 0 Å². The zero-order valence-corrected chi connectivity index (χ0v) is 57.2. The van der Waals surface area contributed by atoms with E-state index in [1.807, 2.05) is 6.08 Å². The number of ether oxygens (including phenoxy) is 6. The minimum absolute atomic E-state index is 0.224. The maximum absolute atomic E-state index is 13.4. The molecule has 0 aromatic heterocycles. The van der Waals surface area contributed by atoms with Gasteiger partial charge in [-0.05, 0) is 83.5 Å². The molecule has 540 valence electrons. The number of amides is 1. The van der Waals surface area contributed by atoms with Crippen LogP contribution in [0.3, 0.4) is 0 Å². The Hall–Kier alpha value is -2.77. The normalized spacial score (nSPS) is 27.9. The van der Waals surface area contributed by atoms with Gasteiger partial charge in [-0.2, -0.15) is 0 Å². The monoisotopic (exact) mass is 1320 g/mol. The predicted molar refractivity (Wildman–Crippen MR) is 365 cm³/mol. The summed E-state index contributed by atoms with van der Waals surface area (Å²) < 4.78 is 34.4. The van der Waals surface area contributed by atoms with Crippen molar-refractivity contribution >= 4 is 5.91 Å². The number of nitrogens with one attached hydrogen (secondary N) is 1. The van der Waals surface area contributed by atoms with Gasteiger partial charge < -0.3 is 89.9 Å². The van der Waals surface area contributed by atoms with Gasteiger partial charge in [0.1, 0.15) is 73.2 Å². The average molecular weight is 1320 g/mol. The molecule has 17 unspecified atom stereocenters. The maximum atomic E-state index is 13.4. The molecule has 0 radical (unpaired) electrons. The van der Waals surface area contributed by atoms with Crippen LogP contribution in [-0.4, -0.2) is 193 Å². The minimum Gasteiger partial charge on any atom is -0.394 e. The van der Waals surface area contributed by atoms with Gasteiger partial charge in [0.25, 0.3) is 0 Å². The van der Waals surface area contributed by atoms with Crippen LogP contribution in [0.25, 0.3) is 0 Å². The molecule has 0 saturated carbocycles. The zero-order valence-electron chi connectivity index (χ0n) is 57.2. The van der Waals surface area contributed by atoms with Crippen LogP contribution in [0, 0.1) is 0 Å². The number of carbonyl (C=O) groups is 1. The van der Waals surface area contributed by atoms with E-state index in [9.17, 15) is 61.0 Å². The Morgan fingerprint density at radius 2 is 0.720 bits per heavy atom. The third-order valence-corrected chi connectivity index (χ3v) is 18.0. The smallest absolute Gasteiger partial charge is 0.220 e. The van der Waals surface area contributed by atoms with Crippen LogP contribution in [-0.2, 0) is 33.2 Å². The second-order valence-corrected chi connectivity index (χ2v) is 26.0. The Labute approximate surface area is 559 Å². The van der Waals surface area contributed by atoms with E-state index in [1.165, 1.54) is 154 Å². The van der Waals surface area contributed by atoms with Crippen molar-refractivity contribution in [3.05, 3.63) is 72.9 Å². The molecule has 3 heterocycles. The van der Waals surface area contributed by atoms with Gasteiger partial charge in [-0.1, -0.05) is 241 Å². The van der Waals surface area contributed by atoms with Crippen LogP contribution in [0.2, 0.25) is 0 Å². The highest BCUT2D eigenvalue weighted by Crippen LogP contribution is 2.33. The molecule has 3 rings (SSSR count). The standard InChI is InChI=1S/C74H131NO18/c1-3-5-7-9-11-13-15-17-19-21-23-25-27-28-30-32-34-36-38-40-42-44-46-48-50-52-62(80)75-57(58(79)51-49-47-45-43-41-39-37-35-33-31-29-26-24-22-20-18-16-14-12-10-8-6-4-2)56-88-72-68(86)65(83)70(60(54-77)90-72)93-74-69(87)66(84)71(61(55-78)91-74)92-73-67(85)64(82)63(81)59(53-76)89-73/h15,17,21,23,27-28,33,35,41,43,49,51,57-61,63-74,76-79,81-87H,3-14,16,18-20,22,24-26,29-32,34,36-40,42,44-48,50,52-56H2,1-2H3,(H,75,80)/b17-15-,23-21-,28-27-,35-33+,43-41+,51-49+. The van der Waals surface area contributed by atoms with Crippen LogP contribution >= 0.6 is 0 Å². The topological polar surface area (TPSA) is 307 Å². The quantitative estimate of drug-likeness (QED) is 0.0199. The highest BCUT2D eigenvalue weighted by atomic mass is 16.8. The molecule has 12 N–H and O–H groups in total. The van der Waals surface area contributed by atoms with E-state index in [4.69, 9.17) is 28.4 Å². The molecule has 0 aliphatic carbocycles. The lowest BCUT2D eigenvalue weighted by Crippen LogP contribution is -2.66. The van der Waals surface area contributed by atoms with Crippen molar-refractivity contribution in [1.82, 2.24) is 5.32 Å².